The fourth-order valence-corrected chi connectivity index (χ4v) is 5.06. The summed E-state index contributed by atoms with van der Waals surface area (Å²) in [6.07, 6.45) is 0. The van der Waals surface area contributed by atoms with Crippen molar-refractivity contribution < 1.29 is 8.42 Å². The zero-order chi connectivity index (χ0) is 22.1. The monoisotopic (exact) mass is 465 g/mol. The van der Waals surface area contributed by atoms with Crippen molar-refractivity contribution in [2.75, 3.05) is 14.1 Å². The van der Waals surface area contributed by atoms with Crippen LogP contribution in [0.1, 0.15) is 19.4 Å². The molecular formula is C21H24ClN3O3S2. The van der Waals surface area contributed by atoms with Gasteiger partial charge in [-0.2, -0.15) is 0 Å². The van der Waals surface area contributed by atoms with Crippen molar-refractivity contribution in [1.29, 1.82) is 0 Å². The van der Waals surface area contributed by atoms with Crippen LogP contribution in [0, 0.1) is 5.92 Å². The molecule has 2 aromatic carbocycles. The van der Waals surface area contributed by atoms with Gasteiger partial charge in [0, 0.05) is 31.4 Å². The molecule has 0 radical (unpaired) electrons. The molecule has 0 unspecified atom stereocenters. The van der Waals surface area contributed by atoms with Gasteiger partial charge in [-0.25, -0.2) is 17.7 Å². The molecule has 3 aromatic rings. The van der Waals surface area contributed by atoms with Crippen LogP contribution in [0.4, 0.5) is 0 Å². The van der Waals surface area contributed by atoms with E-state index in [-0.39, 0.29) is 16.4 Å². The zero-order valence-corrected chi connectivity index (χ0v) is 19.7. The topological polar surface area (TPSA) is 72.3 Å². The Morgan fingerprint density at radius 1 is 1.17 bits per heavy atom. The maximum absolute atomic E-state index is 13.1. The van der Waals surface area contributed by atoms with Crippen molar-refractivity contribution in [1.82, 2.24) is 13.9 Å². The highest BCUT2D eigenvalue weighted by Gasteiger charge is 2.18. The molecule has 0 N–H and O–H groups in total. The Bertz CT molecular complexity index is 1240. The molecule has 0 aliphatic carbocycles. The standard InChI is InChI=1S/C21H24ClN3O3S2/c1-14(2)12-25-20(26)18-11-16(22)8-9-19(18)23-21(25)29-13-15-6-5-7-17(10-15)30(27,28)24(3)4/h5-11,14H,12-13H2,1-4H3. The van der Waals surface area contributed by atoms with Gasteiger partial charge in [0.2, 0.25) is 10.0 Å². The van der Waals surface area contributed by atoms with Gasteiger partial charge >= 0.3 is 0 Å². The van der Waals surface area contributed by atoms with Gasteiger partial charge < -0.3 is 0 Å². The van der Waals surface area contributed by atoms with Crippen LogP contribution in [0.15, 0.2) is 57.3 Å². The predicted molar refractivity (Wildman–Crippen MR) is 123 cm³/mol. The average Bonchev–Trinajstić information content (AvgIpc) is 2.69. The van der Waals surface area contributed by atoms with E-state index < -0.39 is 10.0 Å². The van der Waals surface area contributed by atoms with Crippen LogP contribution in [-0.4, -0.2) is 36.4 Å². The number of thioether (sulfide) groups is 1. The molecule has 160 valence electrons. The van der Waals surface area contributed by atoms with Crippen LogP contribution in [-0.2, 0) is 22.3 Å². The van der Waals surface area contributed by atoms with Gasteiger partial charge in [-0.15, -0.1) is 0 Å². The van der Waals surface area contributed by atoms with E-state index in [0.29, 0.717) is 33.4 Å². The molecular weight excluding hydrogens is 442 g/mol. The SMILES string of the molecule is CC(C)Cn1c(SCc2cccc(S(=O)(=O)N(C)C)c2)nc2ccc(Cl)cc2c1=O. The van der Waals surface area contributed by atoms with E-state index >= 15 is 0 Å². The van der Waals surface area contributed by atoms with Gasteiger partial charge in [0.1, 0.15) is 0 Å². The number of hydrogen-bond donors (Lipinski definition) is 0. The number of rotatable bonds is 7. The quantitative estimate of drug-likeness (QED) is 0.385. The molecule has 0 fully saturated rings. The summed E-state index contributed by atoms with van der Waals surface area (Å²) in [5.41, 5.74) is 1.31. The summed E-state index contributed by atoms with van der Waals surface area (Å²) in [4.78, 5) is 18.0. The summed E-state index contributed by atoms with van der Waals surface area (Å²) in [6, 6.07) is 11.9. The Balaban J connectivity index is 1.98. The fraction of sp³-hybridized carbons (Fsp3) is 0.333. The van der Waals surface area contributed by atoms with Crippen molar-refractivity contribution in [3.05, 3.63) is 63.4 Å². The molecule has 0 aliphatic heterocycles. The van der Waals surface area contributed by atoms with Gasteiger partial charge in [-0.05, 0) is 41.8 Å². The molecule has 0 saturated heterocycles. The lowest BCUT2D eigenvalue weighted by Gasteiger charge is -2.15. The van der Waals surface area contributed by atoms with Crippen molar-refractivity contribution >= 4 is 44.3 Å². The molecule has 9 heteroatoms. The third-order valence-electron chi connectivity index (χ3n) is 4.47. The minimum atomic E-state index is -3.51. The van der Waals surface area contributed by atoms with Crippen LogP contribution < -0.4 is 5.56 Å². The molecule has 0 bridgehead atoms. The van der Waals surface area contributed by atoms with E-state index in [0.717, 1.165) is 5.56 Å². The van der Waals surface area contributed by atoms with E-state index in [9.17, 15) is 13.2 Å². The van der Waals surface area contributed by atoms with Gasteiger partial charge in [-0.1, -0.05) is 49.3 Å². The Kier molecular flexibility index (Phi) is 6.91. The largest absolute Gasteiger partial charge is 0.287 e. The molecule has 0 atom stereocenters. The van der Waals surface area contributed by atoms with Gasteiger partial charge in [0.05, 0.1) is 15.8 Å². The summed E-state index contributed by atoms with van der Waals surface area (Å²) >= 11 is 7.48. The number of benzene rings is 2. The summed E-state index contributed by atoms with van der Waals surface area (Å²) < 4.78 is 27.7. The number of hydrogen-bond acceptors (Lipinski definition) is 5. The lowest BCUT2D eigenvalue weighted by molar-refractivity contribution is 0.475. The summed E-state index contributed by atoms with van der Waals surface area (Å²) in [5.74, 6) is 0.745. The van der Waals surface area contributed by atoms with Gasteiger partial charge in [0.25, 0.3) is 5.56 Å². The summed E-state index contributed by atoms with van der Waals surface area (Å²) in [6.45, 7) is 4.61. The molecule has 6 nitrogen and oxygen atoms in total. The Hall–Kier alpha value is -1.87. The summed E-state index contributed by atoms with van der Waals surface area (Å²) in [7, 11) is -0.492. The minimum absolute atomic E-state index is 0.123. The number of aromatic nitrogens is 2. The molecule has 1 heterocycles. The van der Waals surface area contributed by atoms with Crippen LogP contribution in [0.2, 0.25) is 5.02 Å². The van der Waals surface area contributed by atoms with Crippen LogP contribution in [0.25, 0.3) is 10.9 Å². The van der Waals surface area contributed by atoms with Crippen LogP contribution in [0.5, 0.6) is 0 Å². The molecule has 30 heavy (non-hydrogen) atoms. The van der Waals surface area contributed by atoms with E-state index in [2.05, 4.69) is 4.98 Å². The summed E-state index contributed by atoms with van der Waals surface area (Å²) in [5, 5.41) is 1.59. The molecule has 0 amide bonds. The van der Waals surface area contributed by atoms with E-state index in [1.807, 2.05) is 19.9 Å². The zero-order valence-electron chi connectivity index (χ0n) is 17.3. The van der Waals surface area contributed by atoms with E-state index in [1.165, 1.54) is 30.2 Å². The fourth-order valence-electron chi connectivity index (χ4n) is 2.96. The second kappa shape index (κ2) is 9.09. The van der Waals surface area contributed by atoms with Crippen molar-refractivity contribution in [2.24, 2.45) is 5.92 Å². The average molecular weight is 466 g/mol. The second-order valence-corrected chi connectivity index (χ2v) is 11.1. The number of nitrogens with zero attached hydrogens (tertiary/aromatic N) is 3. The number of fused-ring (bicyclic) bond motifs is 1. The van der Waals surface area contributed by atoms with Crippen molar-refractivity contribution in [3.8, 4) is 0 Å². The van der Waals surface area contributed by atoms with Crippen LogP contribution >= 0.6 is 23.4 Å². The molecule has 3 rings (SSSR count). The third kappa shape index (κ3) is 4.88. The highest BCUT2D eigenvalue weighted by Crippen LogP contribution is 2.25. The van der Waals surface area contributed by atoms with E-state index in [1.54, 1.807) is 41.0 Å². The van der Waals surface area contributed by atoms with E-state index in [4.69, 9.17) is 11.6 Å². The molecule has 1 aromatic heterocycles. The van der Waals surface area contributed by atoms with Crippen molar-refractivity contribution in [3.63, 3.8) is 0 Å². The Morgan fingerprint density at radius 2 is 1.90 bits per heavy atom. The van der Waals surface area contributed by atoms with Crippen LogP contribution in [0.3, 0.4) is 0 Å². The first-order valence-electron chi connectivity index (χ1n) is 9.44. The lowest BCUT2D eigenvalue weighted by atomic mass is 10.2. The molecule has 0 spiro atoms. The first-order chi connectivity index (χ1) is 14.1. The highest BCUT2D eigenvalue weighted by atomic mass is 35.5. The lowest BCUT2D eigenvalue weighted by Crippen LogP contribution is -2.25. The number of halogens is 1. The van der Waals surface area contributed by atoms with Gasteiger partial charge in [0.15, 0.2) is 5.16 Å². The maximum atomic E-state index is 13.1. The third-order valence-corrected chi connectivity index (χ3v) is 7.57. The maximum Gasteiger partial charge on any atom is 0.262 e. The van der Waals surface area contributed by atoms with Gasteiger partial charge in [-0.3, -0.25) is 9.36 Å². The minimum Gasteiger partial charge on any atom is -0.287 e. The molecule has 0 saturated carbocycles. The predicted octanol–water partition coefficient (Wildman–Crippen LogP) is 4.25. The normalized spacial score (nSPS) is 12.2. The Labute approximate surface area is 185 Å². The van der Waals surface area contributed by atoms with Crippen molar-refractivity contribution in [2.45, 2.75) is 36.2 Å². The second-order valence-electron chi connectivity index (χ2n) is 7.59. The Morgan fingerprint density at radius 3 is 2.57 bits per heavy atom. The molecule has 0 aliphatic rings. The highest BCUT2D eigenvalue weighted by molar-refractivity contribution is 7.98. The smallest absolute Gasteiger partial charge is 0.262 e. The first-order valence-corrected chi connectivity index (χ1v) is 12.2. The first kappa shape index (κ1) is 22.8. The number of sulfonamides is 1.